The second-order valence-electron chi connectivity index (χ2n) is 2.62. The van der Waals surface area contributed by atoms with E-state index in [4.69, 9.17) is 5.73 Å². The van der Waals surface area contributed by atoms with Gasteiger partial charge in [-0.2, -0.15) is 0 Å². The highest BCUT2D eigenvalue weighted by Gasteiger charge is 1.82. The van der Waals surface area contributed by atoms with Gasteiger partial charge in [-0.25, -0.2) is 0 Å². The molecule has 0 rings (SSSR count). The molecule has 0 atom stereocenters. The van der Waals surface area contributed by atoms with Crippen LogP contribution in [0.4, 0.5) is 0 Å². The predicted octanol–water partition coefficient (Wildman–Crippen LogP) is 3.01. The Labute approximate surface area is 70.3 Å². The molecule has 1 heteroatoms. The van der Waals surface area contributed by atoms with Crippen LogP contribution < -0.4 is 5.73 Å². The van der Waals surface area contributed by atoms with Gasteiger partial charge in [0, 0.05) is 0 Å². The van der Waals surface area contributed by atoms with Gasteiger partial charge in [-0.15, -0.1) is 0 Å². The van der Waals surface area contributed by atoms with Crippen LogP contribution >= 0.6 is 0 Å². The van der Waals surface area contributed by atoms with E-state index in [1.807, 2.05) is 20.8 Å². The highest BCUT2D eigenvalue weighted by molar-refractivity contribution is 5.03. The average Bonchev–Trinajstić information content (AvgIpc) is 1.85. The first-order valence-corrected chi connectivity index (χ1v) is 3.66. The summed E-state index contributed by atoms with van der Waals surface area (Å²) < 4.78 is 0. The smallest absolute Gasteiger partial charge is 0.0106 e. The van der Waals surface area contributed by atoms with Crippen molar-refractivity contribution in [2.24, 2.45) is 5.73 Å². The van der Waals surface area contributed by atoms with Crippen molar-refractivity contribution >= 4 is 0 Å². The van der Waals surface area contributed by atoms with E-state index >= 15 is 0 Å². The van der Waals surface area contributed by atoms with E-state index in [2.05, 4.69) is 13.2 Å². The van der Waals surface area contributed by atoms with Gasteiger partial charge in [-0.05, 0) is 33.4 Å². The van der Waals surface area contributed by atoms with Crippen molar-refractivity contribution in [1.82, 2.24) is 0 Å². The molecule has 0 amide bonds. The molecule has 0 unspecified atom stereocenters. The predicted molar refractivity (Wildman–Crippen MR) is 53.2 cm³/mol. The molecule has 2 N–H and O–H groups in total. The highest BCUT2D eigenvalue weighted by atomic mass is 14.5. The Morgan fingerprint density at radius 1 is 1.27 bits per heavy atom. The number of nitrogens with two attached hydrogens (primary N) is 1. The van der Waals surface area contributed by atoms with E-state index in [-0.39, 0.29) is 0 Å². The quantitative estimate of drug-likeness (QED) is 0.606. The van der Waals surface area contributed by atoms with Crippen LogP contribution in [0.3, 0.4) is 0 Å². The summed E-state index contributed by atoms with van der Waals surface area (Å²) in [5.41, 5.74) is 7.22. The molecule has 11 heavy (non-hydrogen) atoms. The van der Waals surface area contributed by atoms with Crippen LogP contribution in [0.1, 0.15) is 27.2 Å². The summed E-state index contributed by atoms with van der Waals surface area (Å²) >= 11 is 0. The van der Waals surface area contributed by atoms with Crippen LogP contribution in [-0.2, 0) is 0 Å². The third-order valence-electron chi connectivity index (χ3n) is 0.796. The molecule has 0 saturated carbocycles. The largest absolute Gasteiger partial charge is 0.405 e. The standard InChI is InChI=1S/C7H12.C3H7N/c1-6(2)5-7(3)4;1-2-3-4/h1,3,5H2,2,4H3;2-3H,4H2,1H3/b;3-2-. The summed E-state index contributed by atoms with van der Waals surface area (Å²) in [7, 11) is 0. The van der Waals surface area contributed by atoms with E-state index in [9.17, 15) is 0 Å². The zero-order valence-electron chi connectivity index (χ0n) is 7.85. The first-order valence-electron chi connectivity index (χ1n) is 3.66. The number of allylic oxidation sites excluding steroid dienone is 3. The van der Waals surface area contributed by atoms with Gasteiger partial charge in [0.1, 0.15) is 0 Å². The van der Waals surface area contributed by atoms with Gasteiger partial charge >= 0.3 is 0 Å². The molecule has 0 aliphatic heterocycles. The Hall–Kier alpha value is -0.980. The van der Waals surface area contributed by atoms with E-state index in [0.29, 0.717) is 0 Å². The maximum atomic E-state index is 4.85. The van der Waals surface area contributed by atoms with Crippen LogP contribution in [0.2, 0.25) is 0 Å². The summed E-state index contributed by atoms with van der Waals surface area (Å²) in [5, 5.41) is 0. The molecule has 0 bridgehead atoms. The zero-order chi connectivity index (χ0) is 9.28. The molecule has 0 heterocycles. The van der Waals surface area contributed by atoms with Crippen molar-refractivity contribution in [3.8, 4) is 0 Å². The zero-order valence-corrected chi connectivity index (χ0v) is 7.85. The van der Waals surface area contributed by atoms with Crippen molar-refractivity contribution in [2.45, 2.75) is 27.2 Å². The average molecular weight is 153 g/mol. The van der Waals surface area contributed by atoms with E-state index < -0.39 is 0 Å². The van der Waals surface area contributed by atoms with Gasteiger partial charge < -0.3 is 5.73 Å². The molecule has 0 aromatic carbocycles. The van der Waals surface area contributed by atoms with E-state index in [0.717, 1.165) is 6.42 Å². The monoisotopic (exact) mass is 153 g/mol. The lowest BCUT2D eigenvalue weighted by Crippen LogP contribution is -1.72. The molecule has 0 radical (unpaired) electrons. The van der Waals surface area contributed by atoms with E-state index in [1.165, 1.54) is 17.3 Å². The molecule has 0 spiro atoms. The fourth-order valence-electron chi connectivity index (χ4n) is 0.515. The summed E-state index contributed by atoms with van der Waals surface area (Å²) in [6.07, 6.45) is 4.25. The number of hydrogen-bond donors (Lipinski definition) is 1. The van der Waals surface area contributed by atoms with Gasteiger partial charge in [0.15, 0.2) is 0 Å². The fraction of sp³-hybridized carbons (Fsp3) is 0.400. The second kappa shape index (κ2) is 9.02. The molecule has 0 aromatic rings. The first-order chi connectivity index (χ1) is 5.04. The molecule has 0 fully saturated rings. The second-order valence-corrected chi connectivity index (χ2v) is 2.62. The van der Waals surface area contributed by atoms with Crippen molar-refractivity contribution in [3.63, 3.8) is 0 Å². The van der Waals surface area contributed by atoms with E-state index in [1.54, 1.807) is 6.08 Å². The number of rotatable bonds is 2. The van der Waals surface area contributed by atoms with Gasteiger partial charge in [0.25, 0.3) is 0 Å². The maximum Gasteiger partial charge on any atom is -0.0106 e. The van der Waals surface area contributed by atoms with Crippen LogP contribution in [0.5, 0.6) is 0 Å². The summed E-state index contributed by atoms with van der Waals surface area (Å²) in [4.78, 5) is 0. The molecule has 1 nitrogen and oxygen atoms in total. The van der Waals surface area contributed by atoms with Crippen molar-refractivity contribution in [2.75, 3.05) is 0 Å². The lowest BCUT2D eigenvalue weighted by Gasteiger charge is -1.93. The van der Waals surface area contributed by atoms with Gasteiger partial charge in [0.05, 0.1) is 0 Å². The molecule has 64 valence electrons. The summed E-state index contributed by atoms with van der Waals surface area (Å²) in [5.74, 6) is 0. The van der Waals surface area contributed by atoms with Crippen molar-refractivity contribution < 1.29 is 0 Å². The lowest BCUT2D eigenvalue weighted by molar-refractivity contribution is 1.13. The summed E-state index contributed by atoms with van der Waals surface area (Å²) in [6, 6.07) is 0. The molecule has 0 aliphatic rings. The van der Waals surface area contributed by atoms with Crippen LogP contribution in [0.15, 0.2) is 36.6 Å². The van der Waals surface area contributed by atoms with Crippen LogP contribution in [0, 0.1) is 0 Å². The lowest BCUT2D eigenvalue weighted by atomic mass is 10.1. The molecule has 0 aromatic heterocycles. The molecule has 0 saturated heterocycles. The Kier molecular flexibility index (Phi) is 10.4. The molecule has 0 aliphatic carbocycles. The fourth-order valence-corrected chi connectivity index (χ4v) is 0.515. The third-order valence-corrected chi connectivity index (χ3v) is 0.796. The van der Waals surface area contributed by atoms with Gasteiger partial charge in [0.2, 0.25) is 0 Å². The minimum absolute atomic E-state index is 0.972. The van der Waals surface area contributed by atoms with Crippen molar-refractivity contribution in [3.05, 3.63) is 36.6 Å². The molecular formula is C10H19N. The van der Waals surface area contributed by atoms with Crippen LogP contribution in [0.25, 0.3) is 0 Å². The maximum absolute atomic E-state index is 4.85. The first kappa shape index (κ1) is 12.7. The summed E-state index contributed by atoms with van der Waals surface area (Å²) in [6.45, 7) is 13.4. The Balaban J connectivity index is 0. The third kappa shape index (κ3) is 27.5. The Bertz CT molecular complexity index is 127. The SMILES string of the molecule is C/C=C\N.C=C(C)CC(=C)C. The minimum atomic E-state index is 0.972. The van der Waals surface area contributed by atoms with Crippen LogP contribution in [-0.4, -0.2) is 0 Å². The Morgan fingerprint density at radius 2 is 1.55 bits per heavy atom. The van der Waals surface area contributed by atoms with Gasteiger partial charge in [-0.3, -0.25) is 0 Å². The topological polar surface area (TPSA) is 26.0 Å². The normalized spacial score (nSPS) is 8.64. The van der Waals surface area contributed by atoms with Gasteiger partial charge in [-0.1, -0.05) is 30.4 Å². The minimum Gasteiger partial charge on any atom is -0.405 e. The number of hydrogen-bond acceptors (Lipinski definition) is 1. The highest BCUT2D eigenvalue weighted by Crippen LogP contribution is 2.02. The Morgan fingerprint density at radius 3 is 1.55 bits per heavy atom. The van der Waals surface area contributed by atoms with Crippen molar-refractivity contribution in [1.29, 1.82) is 0 Å². The molecular weight excluding hydrogens is 134 g/mol.